The quantitative estimate of drug-likeness (QED) is 0.0423. The summed E-state index contributed by atoms with van der Waals surface area (Å²) in [5.41, 5.74) is 9.59. The van der Waals surface area contributed by atoms with Gasteiger partial charge in [-0.25, -0.2) is 18.5 Å². The summed E-state index contributed by atoms with van der Waals surface area (Å²) in [5.74, 6) is 4.51. The van der Waals surface area contributed by atoms with Gasteiger partial charge in [0.05, 0.1) is 26.0 Å². The van der Waals surface area contributed by atoms with Gasteiger partial charge in [0.25, 0.3) is 11.5 Å². The average molecular weight is 815 g/mol. The molecule has 53 heavy (non-hydrogen) atoms. The highest BCUT2D eigenvalue weighted by molar-refractivity contribution is 7.66. The molecule has 4 unspecified atom stereocenters. The molecule has 294 valence electrons. The summed E-state index contributed by atoms with van der Waals surface area (Å²) >= 11 is 0. The van der Waals surface area contributed by atoms with Crippen LogP contribution >= 0.6 is 23.5 Å². The zero-order valence-corrected chi connectivity index (χ0v) is 30.3. The minimum absolute atomic E-state index is 0.136. The lowest BCUT2D eigenvalue weighted by Gasteiger charge is -2.20. The highest BCUT2D eigenvalue weighted by Gasteiger charge is 2.43. The summed E-state index contributed by atoms with van der Waals surface area (Å²) in [6.07, 6.45) is -3.63. The van der Waals surface area contributed by atoms with Gasteiger partial charge < -0.3 is 60.6 Å². The fourth-order valence-corrected chi connectivity index (χ4v) is 7.34. The van der Waals surface area contributed by atoms with Crippen LogP contribution in [0.1, 0.15) is 35.5 Å². The van der Waals surface area contributed by atoms with Gasteiger partial charge in [0.15, 0.2) is 0 Å². The predicted molar refractivity (Wildman–Crippen MR) is 177 cm³/mol. The van der Waals surface area contributed by atoms with Crippen LogP contribution < -0.4 is 38.1 Å². The Balaban J connectivity index is 1.54. The number of hydrogen-bond donors (Lipinski definition) is 9. The van der Waals surface area contributed by atoms with Crippen molar-refractivity contribution in [1.29, 1.82) is 0 Å². The van der Waals surface area contributed by atoms with Crippen LogP contribution in [0.15, 0.2) is 40.1 Å². The topological polar surface area (TPSA) is 362 Å². The van der Waals surface area contributed by atoms with Gasteiger partial charge in [-0.3, -0.25) is 28.5 Å². The van der Waals surface area contributed by atoms with E-state index in [-0.39, 0.29) is 31.0 Å². The largest absolute Gasteiger partial charge is 0.490 e. The van der Waals surface area contributed by atoms with Crippen molar-refractivity contribution in [2.45, 2.75) is 38.0 Å². The highest BCUT2D eigenvalue weighted by atomic mass is 31.3. The first-order valence-corrected chi connectivity index (χ1v) is 19.6. The Morgan fingerprint density at radius 2 is 1.87 bits per heavy atom. The summed E-state index contributed by atoms with van der Waals surface area (Å²) in [5, 5.41) is 5.10. The third kappa shape index (κ3) is 15.0. The number of nitrogens with one attached hydrogen (secondary N) is 3. The van der Waals surface area contributed by atoms with Gasteiger partial charge in [0, 0.05) is 24.7 Å². The second-order valence-electron chi connectivity index (χ2n) is 10.5. The normalized spacial score (nSPS) is 19.9. The number of phosphoric ester groups is 1. The molecule has 1 aromatic heterocycles. The second kappa shape index (κ2) is 19.7. The first-order chi connectivity index (χ1) is 24.8. The van der Waals surface area contributed by atoms with Gasteiger partial charge in [0.1, 0.15) is 43.1 Å². The molecule has 27 heteroatoms. The summed E-state index contributed by atoms with van der Waals surface area (Å²) < 4.78 is 69.1. The lowest BCUT2D eigenvalue weighted by Crippen LogP contribution is -2.36. The van der Waals surface area contributed by atoms with Crippen LogP contribution in [-0.4, -0.2) is 99.0 Å². The maximum absolute atomic E-state index is 12.6. The molecule has 11 N–H and O–H groups in total. The molecular formula is C26H37N6O18P3. The molecule has 1 fully saturated rings. The molecule has 1 aliphatic heterocycles. The molecule has 0 spiro atoms. The van der Waals surface area contributed by atoms with E-state index in [1.54, 1.807) is 25.1 Å². The molecule has 3 rings (SSSR count). The zero-order chi connectivity index (χ0) is 39.4. The number of nitrogens with zero attached hydrogens (tertiary/aromatic N) is 1. The van der Waals surface area contributed by atoms with E-state index in [0.717, 1.165) is 10.8 Å². The Labute approximate surface area is 299 Å². The monoisotopic (exact) mass is 814 g/mol. The van der Waals surface area contributed by atoms with Gasteiger partial charge in [-0.15, -0.1) is 0 Å². The average Bonchev–Trinajstić information content (AvgIpc) is 3.45. The van der Waals surface area contributed by atoms with Crippen LogP contribution in [0.25, 0.3) is 0 Å². The molecule has 2 heterocycles. The van der Waals surface area contributed by atoms with Gasteiger partial charge in [-0.05, 0) is 25.1 Å². The van der Waals surface area contributed by atoms with E-state index in [1.165, 1.54) is 6.07 Å². The van der Waals surface area contributed by atoms with E-state index in [2.05, 4.69) is 35.6 Å². The molecule has 1 aliphatic rings. The molecule has 0 radical (unpaired) electrons. The van der Waals surface area contributed by atoms with E-state index in [1.807, 2.05) is 4.98 Å². The van der Waals surface area contributed by atoms with Crippen molar-refractivity contribution in [2.24, 2.45) is 11.5 Å². The lowest BCUT2D eigenvalue weighted by atomic mass is 10.2. The fraction of sp³-hybridized carbons (Fsp3) is 0.462. The first kappa shape index (κ1) is 43.8. The van der Waals surface area contributed by atoms with Gasteiger partial charge in [-0.1, -0.05) is 17.9 Å². The Morgan fingerprint density at radius 3 is 2.55 bits per heavy atom. The van der Waals surface area contributed by atoms with Gasteiger partial charge in [-0.2, -0.15) is 8.62 Å². The van der Waals surface area contributed by atoms with Crippen LogP contribution in [-0.2, 0) is 45.8 Å². The maximum Gasteiger partial charge on any atom is 0.490 e. The number of nitrogens with two attached hydrogens (primary N) is 2. The van der Waals surface area contributed by atoms with E-state index in [9.17, 15) is 42.7 Å². The number of H-pyrrole nitrogens is 1. The lowest BCUT2D eigenvalue weighted by molar-refractivity contribution is -0.128. The number of amides is 2. The third-order valence-corrected chi connectivity index (χ3v) is 10.3. The maximum atomic E-state index is 12.6. The minimum atomic E-state index is -5.78. The number of carbonyl (C=O) groups excluding carboxylic acids is 2. The summed E-state index contributed by atoms with van der Waals surface area (Å²) in [6, 6.07) is 6.38. The number of hydrogen-bond acceptors (Lipinski definition) is 16. The number of carbonyl (C=O) groups is 2. The Kier molecular flexibility index (Phi) is 16.2. The van der Waals surface area contributed by atoms with Crippen molar-refractivity contribution in [2.75, 3.05) is 39.6 Å². The van der Waals surface area contributed by atoms with Gasteiger partial charge >= 0.3 is 29.2 Å². The van der Waals surface area contributed by atoms with Crippen molar-refractivity contribution in [1.82, 2.24) is 20.2 Å². The predicted octanol–water partition coefficient (Wildman–Crippen LogP) is -1.93. The smallest absolute Gasteiger partial charge is 0.489 e. The Bertz CT molecular complexity index is 1920. The van der Waals surface area contributed by atoms with E-state index in [0.29, 0.717) is 17.9 Å². The number of aromatic nitrogens is 2. The molecule has 2 amide bonds. The van der Waals surface area contributed by atoms with Crippen molar-refractivity contribution >= 4 is 35.3 Å². The molecule has 0 aliphatic carbocycles. The number of ether oxygens (including phenoxy) is 4. The number of phosphoric acid groups is 3. The molecule has 1 saturated heterocycles. The summed E-state index contributed by atoms with van der Waals surface area (Å²) in [4.78, 5) is 87.6. The summed E-state index contributed by atoms with van der Waals surface area (Å²) in [6.45, 7) is 0.0895. The van der Waals surface area contributed by atoms with E-state index in [4.69, 9.17) is 40.2 Å². The number of aromatic amines is 1. The van der Waals surface area contributed by atoms with Crippen LogP contribution in [0, 0.1) is 11.8 Å². The third-order valence-electron chi connectivity index (χ3n) is 6.46. The molecule has 2 aromatic rings. The molecule has 6 atom stereocenters. The first-order valence-electron chi connectivity index (χ1n) is 15.1. The van der Waals surface area contributed by atoms with Crippen LogP contribution in [0.4, 0.5) is 0 Å². The van der Waals surface area contributed by atoms with Crippen molar-refractivity contribution in [3.05, 3.63) is 62.4 Å². The van der Waals surface area contributed by atoms with Crippen molar-refractivity contribution in [3.8, 4) is 17.6 Å². The minimum Gasteiger partial charge on any atom is -0.489 e. The molecule has 0 bridgehead atoms. The van der Waals surface area contributed by atoms with Crippen molar-refractivity contribution in [3.63, 3.8) is 0 Å². The van der Waals surface area contributed by atoms with E-state index < -0.39 is 85.2 Å². The number of rotatable bonds is 19. The highest BCUT2D eigenvalue weighted by Crippen LogP contribution is 2.66. The van der Waals surface area contributed by atoms with E-state index >= 15 is 0 Å². The fourth-order valence-electron chi connectivity index (χ4n) is 4.31. The van der Waals surface area contributed by atoms with Crippen LogP contribution in [0.3, 0.4) is 0 Å². The van der Waals surface area contributed by atoms with Crippen LogP contribution in [0.5, 0.6) is 5.75 Å². The SMILES string of the molecule is CCNC(=O)c1cccc(OCC(N)OCC(=O)NCC#Cc2cn([C@H]3C[C@@H](OCN)C(COP(=O)(O)OP(=O)(O)OP(=O)(O)O)O3)c(=O)[nH]c2=O)c1. The van der Waals surface area contributed by atoms with Crippen LogP contribution in [0.2, 0.25) is 0 Å². The Morgan fingerprint density at radius 1 is 1.13 bits per heavy atom. The number of benzene rings is 1. The molecule has 0 saturated carbocycles. The summed E-state index contributed by atoms with van der Waals surface area (Å²) in [7, 11) is -16.9. The van der Waals surface area contributed by atoms with Crippen molar-refractivity contribution < 1.29 is 75.0 Å². The molecular weight excluding hydrogens is 777 g/mol. The standard InChI is InChI=1S/C26H37N6O18P3/c1-2-29-24(34)16-5-3-7-18(9-16)44-13-21(28)45-14-22(33)30-8-4-6-17-11-32(26(36)31-25(17)35)23-10-19(46-15-27)20(48-23)12-47-52(40,41)50-53(42,43)49-51(37,38)39/h3,5,7,9,11,19-21,23H,2,8,10,12-15,27-28H2,1H3,(H,29,34)(H,30,33)(H,40,41)(H,42,43)(H,31,35,36)(H2,37,38,39)/t19-,20?,21?,23-/m1/s1. The Hall–Kier alpha value is -3.59. The van der Waals surface area contributed by atoms with Gasteiger partial charge in [0.2, 0.25) is 5.91 Å². The second-order valence-corrected chi connectivity index (χ2v) is 14.9. The molecule has 1 aromatic carbocycles. The zero-order valence-electron chi connectivity index (χ0n) is 27.6. The molecule has 24 nitrogen and oxygen atoms in total.